The number of ether oxygens (including phenoxy) is 2. The maximum atomic E-state index is 13.0. The van der Waals surface area contributed by atoms with Crippen molar-refractivity contribution < 1.29 is 19.1 Å². The topological polar surface area (TPSA) is 120 Å². The average molecular weight is 731 g/mol. The zero-order valence-electron chi connectivity index (χ0n) is 25.4. The lowest BCUT2D eigenvalue weighted by Crippen LogP contribution is -2.41. The molecule has 46 heavy (non-hydrogen) atoms. The monoisotopic (exact) mass is 730 g/mol. The van der Waals surface area contributed by atoms with Crippen molar-refractivity contribution in [3.8, 4) is 0 Å². The largest absolute Gasteiger partial charge is 0.455 e. The van der Waals surface area contributed by atoms with E-state index in [4.69, 9.17) is 19.4 Å². The van der Waals surface area contributed by atoms with Crippen LogP contribution in [-0.4, -0.2) is 56.7 Å². The molecule has 2 N–H and O–H groups in total. The van der Waals surface area contributed by atoms with Gasteiger partial charge in [0.1, 0.15) is 12.3 Å². The lowest BCUT2D eigenvalue weighted by molar-refractivity contribution is -0.137. The zero-order chi connectivity index (χ0) is 31.9. The van der Waals surface area contributed by atoms with Gasteiger partial charge in [0.05, 0.1) is 11.9 Å². The SMILES string of the molecule is CCNC(=O)[C@H]1O[C@@H](n2cnc3c(NCC(Cc4ccccc4)Cc4ccccc4)nc(I)nc32)C[C@@H]1OC(=O)c1ccccc1. The second-order valence-corrected chi connectivity index (χ2v) is 12.2. The summed E-state index contributed by atoms with van der Waals surface area (Å²) in [5.74, 6) is 0.0773. The molecule has 2 aromatic heterocycles. The van der Waals surface area contributed by atoms with Crippen LogP contribution in [0.25, 0.3) is 11.2 Å². The third-order valence-corrected chi connectivity index (χ3v) is 8.43. The van der Waals surface area contributed by atoms with Crippen molar-refractivity contribution in [1.29, 1.82) is 0 Å². The second kappa shape index (κ2) is 14.8. The quantitative estimate of drug-likeness (QED) is 0.0969. The van der Waals surface area contributed by atoms with E-state index in [0.717, 1.165) is 12.8 Å². The summed E-state index contributed by atoms with van der Waals surface area (Å²) in [5.41, 5.74) is 4.13. The Bertz CT molecular complexity index is 1730. The summed E-state index contributed by atoms with van der Waals surface area (Å²) in [4.78, 5) is 40.0. The predicted octanol–water partition coefficient (Wildman–Crippen LogP) is 5.59. The number of esters is 1. The molecular formula is C35H35IN6O4. The molecule has 236 valence electrons. The molecule has 0 spiro atoms. The third kappa shape index (κ3) is 7.53. The summed E-state index contributed by atoms with van der Waals surface area (Å²) >= 11 is 2.10. The third-order valence-electron chi connectivity index (χ3n) is 7.95. The lowest BCUT2D eigenvalue weighted by Gasteiger charge is -2.19. The molecule has 0 bridgehead atoms. The molecule has 3 heterocycles. The fraction of sp³-hybridized carbons (Fsp3) is 0.286. The number of aromatic nitrogens is 4. The van der Waals surface area contributed by atoms with E-state index in [9.17, 15) is 9.59 Å². The normalized spacial score (nSPS) is 17.7. The maximum absolute atomic E-state index is 13.0. The number of carbonyl (C=O) groups is 2. The van der Waals surface area contributed by atoms with Gasteiger partial charge in [0.2, 0.25) is 0 Å². The van der Waals surface area contributed by atoms with Crippen LogP contribution >= 0.6 is 22.6 Å². The molecule has 6 rings (SSSR count). The zero-order valence-corrected chi connectivity index (χ0v) is 27.5. The second-order valence-electron chi connectivity index (χ2n) is 11.2. The van der Waals surface area contributed by atoms with Crippen molar-refractivity contribution in [3.05, 3.63) is 118 Å². The molecule has 11 heteroatoms. The van der Waals surface area contributed by atoms with Crippen LogP contribution in [0.4, 0.5) is 5.82 Å². The van der Waals surface area contributed by atoms with Gasteiger partial charge >= 0.3 is 5.97 Å². The number of nitrogens with zero attached hydrogens (tertiary/aromatic N) is 4. The van der Waals surface area contributed by atoms with E-state index in [1.54, 1.807) is 35.2 Å². The first kappa shape index (κ1) is 31.6. The molecule has 5 aromatic rings. The molecule has 1 saturated heterocycles. The van der Waals surface area contributed by atoms with Crippen molar-refractivity contribution in [2.75, 3.05) is 18.4 Å². The standard InChI is InChI=1S/C35H35IN6O4/c1-2-37-33(43)30-27(45-34(44)26-16-10-5-11-17-26)20-28(46-30)42-22-39-29-31(40-35(36)41-32(29)42)38-21-25(18-23-12-6-3-7-13-23)19-24-14-8-4-9-15-24/h3-17,22,25,27-28,30H,2,18-21H2,1H3,(H,37,43)(H,38,40,41)/t27-,28+,30-/m0/s1. The predicted molar refractivity (Wildman–Crippen MR) is 183 cm³/mol. The van der Waals surface area contributed by atoms with Gasteiger partial charge in [0.25, 0.3) is 5.91 Å². The molecule has 3 atom stereocenters. The molecule has 3 aromatic carbocycles. The Balaban J connectivity index is 1.23. The van der Waals surface area contributed by atoms with E-state index in [1.807, 2.05) is 25.1 Å². The van der Waals surface area contributed by atoms with Crippen LogP contribution in [0.2, 0.25) is 0 Å². The smallest absolute Gasteiger partial charge is 0.338 e. The number of halogens is 1. The van der Waals surface area contributed by atoms with Gasteiger partial charge in [-0.3, -0.25) is 9.36 Å². The van der Waals surface area contributed by atoms with Gasteiger partial charge in [0.15, 0.2) is 26.9 Å². The van der Waals surface area contributed by atoms with Crippen LogP contribution in [0.1, 0.15) is 41.1 Å². The summed E-state index contributed by atoms with van der Waals surface area (Å²) in [6.07, 6.45) is 1.31. The number of hydrogen-bond donors (Lipinski definition) is 2. The van der Waals surface area contributed by atoms with Gasteiger partial charge in [-0.25, -0.2) is 19.7 Å². The van der Waals surface area contributed by atoms with Crippen molar-refractivity contribution in [2.45, 2.75) is 44.6 Å². The molecule has 0 radical (unpaired) electrons. The van der Waals surface area contributed by atoms with Gasteiger partial charge in [-0.1, -0.05) is 78.9 Å². The molecule has 1 amide bonds. The van der Waals surface area contributed by atoms with Crippen LogP contribution < -0.4 is 10.6 Å². The Morgan fingerprint density at radius 3 is 2.22 bits per heavy atom. The van der Waals surface area contributed by atoms with E-state index in [0.29, 0.717) is 45.4 Å². The molecule has 0 saturated carbocycles. The highest BCUT2D eigenvalue weighted by Crippen LogP contribution is 2.34. The van der Waals surface area contributed by atoms with Gasteiger partial charge in [-0.05, 0) is 48.9 Å². The summed E-state index contributed by atoms with van der Waals surface area (Å²) in [6.45, 7) is 2.93. The summed E-state index contributed by atoms with van der Waals surface area (Å²) in [6, 6.07) is 29.7. The number of likely N-dealkylation sites (N-methyl/N-ethyl adjacent to an activating group) is 1. The number of anilines is 1. The Kier molecular flexibility index (Phi) is 10.2. The lowest BCUT2D eigenvalue weighted by atomic mass is 9.92. The van der Waals surface area contributed by atoms with Gasteiger partial charge in [-0.2, -0.15) is 0 Å². The van der Waals surface area contributed by atoms with Crippen LogP contribution in [0.5, 0.6) is 0 Å². The summed E-state index contributed by atoms with van der Waals surface area (Å²) in [5, 5.41) is 6.36. The number of benzene rings is 3. The van der Waals surface area contributed by atoms with Crippen LogP contribution in [-0.2, 0) is 27.1 Å². The van der Waals surface area contributed by atoms with E-state index in [2.05, 4.69) is 86.7 Å². The minimum absolute atomic E-state index is 0.255. The van der Waals surface area contributed by atoms with Crippen LogP contribution in [0, 0.1) is 9.75 Å². The van der Waals surface area contributed by atoms with E-state index >= 15 is 0 Å². The highest BCUT2D eigenvalue weighted by molar-refractivity contribution is 14.1. The summed E-state index contributed by atoms with van der Waals surface area (Å²) < 4.78 is 14.4. The van der Waals surface area contributed by atoms with E-state index in [1.165, 1.54) is 11.1 Å². The number of carbonyl (C=O) groups excluding carboxylic acids is 2. The van der Waals surface area contributed by atoms with Gasteiger partial charge in [-0.15, -0.1) is 0 Å². The van der Waals surface area contributed by atoms with Crippen LogP contribution in [0.3, 0.4) is 0 Å². The van der Waals surface area contributed by atoms with Crippen LogP contribution in [0.15, 0.2) is 97.3 Å². The molecule has 1 aliphatic heterocycles. The number of hydrogen-bond acceptors (Lipinski definition) is 8. The molecule has 1 fully saturated rings. The maximum Gasteiger partial charge on any atom is 0.338 e. The van der Waals surface area contributed by atoms with Crippen molar-refractivity contribution >= 4 is 51.4 Å². The Morgan fingerprint density at radius 2 is 1.59 bits per heavy atom. The Morgan fingerprint density at radius 1 is 0.957 bits per heavy atom. The molecule has 1 aliphatic rings. The van der Waals surface area contributed by atoms with Crippen molar-refractivity contribution in [3.63, 3.8) is 0 Å². The number of amides is 1. The Hall–Kier alpha value is -4.36. The Labute approximate surface area is 281 Å². The number of imidazole rings is 1. The highest BCUT2D eigenvalue weighted by atomic mass is 127. The first-order chi connectivity index (χ1) is 22.5. The first-order valence-corrected chi connectivity index (χ1v) is 16.5. The number of rotatable bonds is 12. The van der Waals surface area contributed by atoms with Gasteiger partial charge < -0.3 is 20.1 Å². The number of nitrogens with one attached hydrogen (secondary N) is 2. The molecule has 0 aliphatic carbocycles. The minimum atomic E-state index is -0.981. The minimum Gasteiger partial charge on any atom is -0.455 e. The van der Waals surface area contributed by atoms with E-state index in [-0.39, 0.29) is 12.3 Å². The average Bonchev–Trinajstić information content (AvgIpc) is 3.69. The van der Waals surface area contributed by atoms with Gasteiger partial charge in [0, 0.05) is 42.1 Å². The summed E-state index contributed by atoms with van der Waals surface area (Å²) in [7, 11) is 0. The van der Waals surface area contributed by atoms with E-state index < -0.39 is 24.4 Å². The molecular weight excluding hydrogens is 695 g/mol. The van der Waals surface area contributed by atoms with Crippen molar-refractivity contribution in [1.82, 2.24) is 24.8 Å². The highest BCUT2D eigenvalue weighted by Gasteiger charge is 2.44. The fourth-order valence-corrected chi connectivity index (χ4v) is 6.26. The molecule has 10 nitrogen and oxygen atoms in total. The molecule has 0 unspecified atom stereocenters. The fourth-order valence-electron chi connectivity index (χ4n) is 5.79. The first-order valence-electron chi connectivity index (χ1n) is 15.4. The van der Waals surface area contributed by atoms with Crippen molar-refractivity contribution in [2.24, 2.45) is 5.92 Å². The number of fused-ring (bicyclic) bond motifs is 1.